The molecule has 0 heterocycles. The molecular weight excluding hydrogens is 206 g/mol. The lowest BCUT2D eigenvalue weighted by Crippen LogP contribution is -1.98. The van der Waals surface area contributed by atoms with Crippen LogP contribution >= 0.6 is 22.6 Å². The zero-order valence-electron chi connectivity index (χ0n) is 3.93. The molecule has 0 aromatic rings. The monoisotopic (exact) mass is 213 g/mol. The number of hydrogen-bond acceptors (Lipinski definition) is 2. The second-order valence-corrected chi connectivity index (χ2v) is 2.10. The van der Waals surface area contributed by atoms with E-state index < -0.39 is 0 Å². The first-order valence-electron chi connectivity index (χ1n) is 2.05. The molecule has 1 radical (unpaired) electrons. The summed E-state index contributed by atoms with van der Waals surface area (Å²) in [7, 11) is 0.728. The predicted octanol–water partition coefficient (Wildman–Crippen LogP) is 0.355. The van der Waals surface area contributed by atoms with E-state index in [-0.39, 0.29) is 0 Å². The fourth-order valence-electron chi connectivity index (χ4n) is 0.191. The summed E-state index contributed by atoms with van der Waals surface area (Å²) in [5.74, 6) is 0. The first-order valence-corrected chi connectivity index (χ1v) is 3.58. The average molecular weight is 213 g/mol. The van der Waals surface area contributed by atoms with Gasteiger partial charge in [-0.15, -0.1) is 0 Å². The van der Waals surface area contributed by atoms with Gasteiger partial charge in [-0.25, -0.2) is 0 Å². The van der Waals surface area contributed by atoms with E-state index in [0.29, 0.717) is 6.61 Å². The molecule has 0 amide bonds. The summed E-state index contributed by atoms with van der Waals surface area (Å²) in [5.41, 5.74) is 0. The molecule has 0 rings (SSSR count). The lowest BCUT2D eigenvalue weighted by Gasteiger charge is -1.91. The summed E-state index contributed by atoms with van der Waals surface area (Å²) in [6.07, 6.45) is 0.998. The van der Waals surface area contributed by atoms with Crippen LogP contribution in [0.5, 0.6) is 0 Å². The molecule has 0 spiro atoms. The minimum atomic E-state index is 0.624. The molecule has 0 aromatic carbocycles. The van der Waals surface area contributed by atoms with Crippen molar-refractivity contribution in [1.29, 1.82) is 0 Å². The maximum Gasteiger partial charge on any atom is 0.485 e. The van der Waals surface area contributed by atoms with Crippen molar-refractivity contribution < 1.29 is 9.68 Å². The molecule has 2 nitrogen and oxygen atoms in total. The summed E-state index contributed by atoms with van der Waals surface area (Å²) in [5, 5.41) is 7.94. The Morgan fingerprint density at radius 3 is 2.86 bits per heavy atom. The van der Waals surface area contributed by atoms with Gasteiger partial charge in [0.25, 0.3) is 0 Å². The molecular formula is C3H7BIO2. The van der Waals surface area contributed by atoms with Gasteiger partial charge in [-0.05, 0) is 6.42 Å². The largest absolute Gasteiger partial charge is 0.485 e. The normalized spacial score (nSPS) is 8.86. The van der Waals surface area contributed by atoms with Gasteiger partial charge in [-0.2, -0.15) is 0 Å². The van der Waals surface area contributed by atoms with E-state index in [2.05, 4.69) is 27.2 Å². The van der Waals surface area contributed by atoms with Crippen LogP contribution in [-0.2, 0) is 4.65 Å². The van der Waals surface area contributed by atoms with Gasteiger partial charge in [0.1, 0.15) is 0 Å². The lowest BCUT2D eigenvalue weighted by atomic mass is 10.4. The Balaban J connectivity index is 2.45. The van der Waals surface area contributed by atoms with Crippen molar-refractivity contribution in [3.8, 4) is 0 Å². The zero-order chi connectivity index (χ0) is 5.54. The molecule has 4 heteroatoms. The third-order valence-corrected chi connectivity index (χ3v) is 1.23. The highest BCUT2D eigenvalue weighted by atomic mass is 127. The molecule has 0 unspecified atom stereocenters. The van der Waals surface area contributed by atoms with Crippen molar-refractivity contribution in [2.75, 3.05) is 11.0 Å². The van der Waals surface area contributed by atoms with Crippen molar-refractivity contribution in [3.63, 3.8) is 0 Å². The Labute approximate surface area is 57.7 Å². The van der Waals surface area contributed by atoms with Gasteiger partial charge in [-0.3, -0.25) is 0 Å². The van der Waals surface area contributed by atoms with Crippen molar-refractivity contribution in [2.24, 2.45) is 0 Å². The molecule has 0 bridgehead atoms. The van der Waals surface area contributed by atoms with Gasteiger partial charge in [0.2, 0.25) is 0 Å². The fourth-order valence-corrected chi connectivity index (χ4v) is 0.502. The van der Waals surface area contributed by atoms with E-state index in [1.165, 1.54) is 0 Å². The van der Waals surface area contributed by atoms with Gasteiger partial charge in [0, 0.05) is 11.0 Å². The Bertz CT molecular complexity index is 32.1. The Morgan fingerprint density at radius 2 is 2.43 bits per heavy atom. The summed E-state index contributed by atoms with van der Waals surface area (Å²) in [6.45, 7) is 0.624. The molecule has 0 aliphatic rings. The number of rotatable bonds is 4. The van der Waals surface area contributed by atoms with E-state index in [9.17, 15) is 0 Å². The first-order chi connectivity index (χ1) is 3.41. The summed E-state index contributed by atoms with van der Waals surface area (Å²) < 4.78 is 5.57. The Morgan fingerprint density at radius 1 is 1.71 bits per heavy atom. The van der Waals surface area contributed by atoms with Gasteiger partial charge in [0.15, 0.2) is 0 Å². The lowest BCUT2D eigenvalue weighted by molar-refractivity contribution is 0.286. The standard InChI is InChI=1S/C3H7BIO2/c5-2-1-3-7-4-6/h6H,1-3H2. The van der Waals surface area contributed by atoms with Gasteiger partial charge < -0.3 is 9.68 Å². The quantitative estimate of drug-likeness (QED) is 0.316. The van der Waals surface area contributed by atoms with Crippen molar-refractivity contribution >= 4 is 30.3 Å². The molecule has 0 saturated carbocycles. The molecule has 0 atom stereocenters. The molecule has 0 fully saturated rings. The third-order valence-electron chi connectivity index (χ3n) is 0.470. The van der Waals surface area contributed by atoms with Gasteiger partial charge in [0.05, 0.1) is 0 Å². The molecule has 0 aliphatic heterocycles. The Kier molecular flexibility index (Phi) is 7.40. The summed E-state index contributed by atoms with van der Waals surface area (Å²) in [4.78, 5) is 0. The van der Waals surface area contributed by atoms with Crippen LogP contribution in [0.2, 0.25) is 0 Å². The molecule has 1 N–H and O–H groups in total. The fraction of sp³-hybridized carbons (Fsp3) is 1.00. The van der Waals surface area contributed by atoms with Crippen LogP contribution in [0, 0.1) is 0 Å². The molecule has 0 aromatic heterocycles. The average Bonchev–Trinajstić information content (AvgIpc) is 1.69. The summed E-state index contributed by atoms with van der Waals surface area (Å²) in [6, 6.07) is 0. The first kappa shape index (κ1) is 7.71. The highest BCUT2D eigenvalue weighted by molar-refractivity contribution is 14.1. The van der Waals surface area contributed by atoms with Crippen LogP contribution in [0.25, 0.3) is 0 Å². The SMILES string of the molecule is O[B]OCCCI. The van der Waals surface area contributed by atoms with Crippen LogP contribution in [0.15, 0.2) is 0 Å². The van der Waals surface area contributed by atoms with Crippen LogP contribution < -0.4 is 0 Å². The second kappa shape index (κ2) is 6.71. The van der Waals surface area contributed by atoms with Crippen molar-refractivity contribution in [3.05, 3.63) is 0 Å². The minimum Gasteiger partial charge on any atom is -0.429 e. The molecule has 7 heavy (non-hydrogen) atoms. The number of hydrogen-bond donors (Lipinski definition) is 1. The number of alkyl halides is 1. The van der Waals surface area contributed by atoms with Crippen molar-refractivity contribution in [2.45, 2.75) is 6.42 Å². The maximum atomic E-state index is 7.94. The highest BCUT2D eigenvalue weighted by Gasteiger charge is 1.83. The highest BCUT2D eigenvalue weighted by Crippen LogP contribution is 1.86. The third kappa shape index (κ3) is 6.71. The number of halogens is 1. The van der Waals surface area contributed by atoms with E-state index in [1.807, 2.05) is 0 Å². The molecule has 41 valence electrons. The minimum absolute atomic E-state index is 0.624. The predicted molar refractivity (Wildman–Crippen MR) is 37.4 cm³/mol. The topological polar surface area (TPSA) is 29.5 Å². The smallest absolute Gasteiger partial charge is 0.429 e. The van der Waals surface area contributed by atoms with Crippen LogP contribution in [-0.4, -0.2) is 23.7 Å². The molecule has 0 aliphatic carbocycles. The van der Waals surface area contributed by atoms with Crippen LogP contribution in [0.4, 0.5) is 0 Å². The second-order valence-electron chi connectivity index (χ2n) is 1.02. The van der Waals surface area contributed by atoms with E-state index in [4.69, 9.17) is 5.02 Å². The van der Waals surface area contributed by atoms with Crippen LogP contribution in [0.1, 0.15) is 6.42 Å². The summed E-state index contributed by atoms with van der Waals surface area (Å²) >= 11 is 2.25. The van der Waals surface area contributed by atoms with Crippen molar-refractivity contribution in [1.82, 2.24) is 0 Å². The van der Waals surface area contributed by atoms with E-state index in [1.54, 1.807) is 0 Å². The van der Waals surface area contributed by atoms with Crippen LogP contribution in [0.3, 0.4) is 0 Å². The van der Waals surface area contributed by atoms with E-state index >= 15 is 0 Å². The van der Waals surface area contributed by atoms with Gasteiger partial charge in [-0.1, -0.05) is 22.6 Å². The Hall–Kier alpha value is 0.715. The van der Waals surface area contributed by atoms with Gasteiger partial charge >= 0.3 is 7.69 Å². The van der Waals surface area contributed by atoms with E-state index in [0.717, 1.165) is 18.5 Å². The maximum absolute atomic E-state index is 7.94. The molecule has 0 saturated heterocycles. The zero-order valence-corrected chi connectivity index (χ0v) is 6.09.